The number of nitrogen functional groups attached to an aromatic ring is 1. The Labute approximate surface area is 162 Å². The highest BCUT2D eigenvalue weighted by molar-refractivity contribution is 14.1. The average Bonchev–Trinajstić information content (AvgIpc) is 3.11. The van der Waals surface area contributed by atoms with E-state index in [0.717, 1.165) is 14.9 Å². The van der Waals surface area contributed by atoms with E-state index >= 15 is 0 Å². The van der Waals surface area contributed by atoms with Gasteiger partial charge in [-0.1, -0.05) is 6.07 Å². The van der Waals surface area contributed by atoms with Crippen molar-refractivity contribution in [2.24, 2.45) is 0 Å². The second-order valence-electron chi connectivity index (χ2n) is 5.93. The summed E-state index contributed by atoms with van der Waals surface area (Å²) in [7, 11) is 1.23. The largest absolute Gasteiger partial charge is 0.493 e. The number of esters is 1. The van der Waals surface area contributed by atoms with E-state index in [1.165, 1.54) is 11.7 Å². The molecule has 0 unspecified atom stereocenters. The first-order valence-electron chi connectivity index (χ1n) is 8.00. The third-order valence-corrected chi connectivity index (χ3v) is 5.20. The van der Waals surface area contributed by atoms with Crippen LogP contribution in [-0.4, -0.2) is 24.3 Å². The topological polar surface area (TPSA) is 83.6 Å². The number of pyridine rings is 1. The van der Waals surface area contributed by atoms with Crippen molar-refractivity contribution < 1.29 is 14.3 Å². The number of anilines is 1. The number of nitrogens with two attached hydrogens (primary N) is 1. The van der Waals surface area contributed by atoms with Crippen molar-refractivity contribution in [3.05, 3.63) is 61.4 Å². The third kappa shape index (κ3) is 2.45. The van der Waals surface area contributed by atoms with E-state index in [9.17, 15) is 9.59 Å². The van der Waals surface area contributed by atoms with Gasteiger partial charge in [-0.25, -0.2) is 4.79 Å². The highest BCUT2D eigenvalue weighted by Gasteiger charge is 2.25. The molecule has 0 aliphatic carbocycles. The van der Waals surface area contributed by atoms with Crippen LogP contribution in [0.3, 0.4) is 0 Å². The molecule has 1 aliphatic heterocycles. The second-order valence-corrected chi connectivity index (χ2v) is 7.18. The normalized spacial score (nSPS) is 12.7. The highest BCUT2D eigenvalue weighted by Crippen LogP contribution is 2.33. The summed E-state index contributed by atoms with van der Waals surface area (Å²) in [4.78, 5) is 25.5. The number of methoxy groups -OCH3 is 1. The predicted octanol–water partition coefficient (Wildman–Crippen LogP) is 2.90. The number of carbonyl (C=O) groups is 1. The van der Waals surface area contributed by atoms with Crippen molar-refractivity contribution in [3.63, 3.8) is 0 Å². The number of hydrogen-bond donors (Lipinski definition) is 1. The minimum atomic E-state index is -0.745. The fourth-order valence-electron chi connectivity index (χ4n) is 3.34. The van der Waals surface area contributed by atoms with Crippen molar-refractivity contribution in [1.29, 1.82) is 0 Å². The molecule has 4 rings (SSSR count). The fraction of sp³-hybridized carbons (Fsp3) is 0.158. The van der Waals surface area contributed by atoms with Crippen LogP contribution < -0.4 is 16.0 Å². The lowest BCUT2D eigenvalue weighted by atomic mass is 10.1. The standard InChI is InChI=1S/C19H15IN2O4/c1-25-19(24)16-17(21)12-6-5-10(20)9-14(12)22(18(16)23)13-3-2-4-15-11(13)7-8-26-15/h2-6,9H,7-8,21H2,1H3. The van der Waals surface area contributed by atoms with Crippen LogP contribution >= 0.6 is 22.6 Å². The molecule has 3 aromatic rings. The number of halogens is 1. The van der Waals surface area contributed by atoms with E-state index in [1.807, 2.05) is 36.4 Å². The summed E-state index contributed by atoms with van der Waals surface area (Å²) in [6.07, 6.45) is 0.696. The van der Waals surface area contributed by atoms with Crippen molar-refractivity contribution >= 4 is 45.2 Å². The van der Waals surface area contributed by atoms with Crippen LogP contribution in [0.15, 0.2) is 41.2 Å². The van der Waals surface area contributed by atoms with Crippen molar-refractivity contribution in [2.45, 2.75) is 6.42 Å². The summed E-state index contributed by atoms with van der Waals surface area (Å²) in [5.74, 6) is 0.00940. The molecule has 0 saturated carbocycles. The predicted molar refractivity (Wildman–Crippen MR) is 107 cm³/mol. The van der Waals surface area contributed by atoms with Crippen molar-refractivity contribution in [2.75, 3.05) is 19.5 Å². The smallest absolute Gasteiger partial charge is 0.345 e. The van der Waals surface area contributed by atoms with Crippen molar-refractivity contribution in [1.82, 2.24) is 4.57 Å². The fourth-order valence-corrected chi connectivity index (χ4v) is 3.81. The quantitative estimate of drug-likeness (QED) is 0.468. The molecule has 2 heterocycles. The van der Waals surface area contributed by atoms with Gasteiger partial charge in [0, 0.05) is 20.9 Å². The molecule has 7 heteroatoms. The van der Waals surface area contributed by atoms with Crippen LogP contribution in [0.2, 0.25) is 0 Å². The van der Waals surface area contributed by atoms with E-state index in [1.54, 1.807) is 0 Å². The summed E-state index contributed by atoms with van der Waals surface area (Å²) in [6.45, 7) is 0.565. The summed E-state index contributed by atoms with van der Waals surface area (Å²) in [5, 5.41) is 0.627. The maximum atomic E-state index is 13.3. The summed E-state index contributed by atoms with van der Waals surface area (Å²) >= 11 is 2.18. The molecule has 2 N–H and O–H groups in total. The number of fused-ring (bicyclic) bond motifs is 2. The Balaban J connectivity index is 2.18. The Kier molecular flexibility index (Phi) is 4.10. The number of carbonyl (C=O) groups excluding carboxylic acids is 1. The Bertz CT molecular complexity index is 1120. The zero-order valence-electron chi connectivity index (χ0n) is 13.9. The molecule has 0 saturated heterocycles. The SMILES string of the molecule is COC(=O)c1c(N)c2ccc(I)cc2n(-c2cccc3c2CCO3)c1=O. The first kappa shape index (κ1) is 16.9. The van der Waals surface area contributed by atoms with Crippen LogP contribution in [0.1, 0.15) is 15.9 Å². The first-order valence-corrected chi connectivity index (χ1v) is 9.08. The number of nitrogens with zero attached hydrogens (tertiary/aromatic N) is 1. The molecule has 2 aromatic carbocycles. The lowest BCUT2D eigenvalue weighted by Gasteiger charge is -2.17. The van der Waals surface area contributed by atoms with Crippen LogP contribution in [0, 0.1) is 3.57 Å². The van der Waals surface area contributed by atoms with Gasteiger partial charge in [0.25, 0.3) is 5.56 Å². The van der Waals surface area contributed by atoms with Crippen LogP contribution in [0.25, 0.3) is 16.6 Å². The number of aromatic nitrogens is 1. The molecule has 0 spiro atoms. The Morgan fingerprint density at radius 1 is 1.31 bits per heavy atom. The lowest BCUT2D eigenvalue weighted by Crippen LogP contribution is -2.28. The van der Waals surface area contributed by atoms with Gasteiger partial charge in [0.15, 0.2) is 0 Å². The summed E-state index contributed by atoms with van der Waals surface area (Å²) in [6, 6.07) is 11.1. The van der Waals surface area contributed by atoms with E-state index < -0.39 is 11.5 Å². The van der Waals surface area contributed by atoms with Crippen LogP contribution in [-0.2, 0) is 11.2 Å². The van der Waals surface area contributed by atoms with Gasteiger partial charge >= 0.3 is 5.97 Å². The maximum Gasteiger partial charge on any atom is 0.345 e. The molecular weight excluding hydrogens is 447 g/mol. The molecule has 132 valence electrons. The molecule has 1 aromatic heterocycles. The number of hydrogen-bond acceptors (Lipinski definition) is 5. The molecule has 6 nitrogen and oxygen atoms in total. The van der Waals surface area contributed by atoms with Crippen molar-refractivity contribution in [3.8, 4) is 11.4 Å². The molecule has 0 fully saturated rings. The number of ether oxygens (including phenoxy) is 2. The molecule has 1 aliphatic rings. The average molecular weight is 462 g/mol. The molecule has 0 radical (unpaired) electrons. The second kappa shape index (κ2) is 6.31. The van der Waals surface area contributed by atoms with E-state index in [2.05, 4.69) is 22.6 Å². The monoisotopic (exact) mass is 462 g/mol. The maximum absolute atomic E-state index is 13.3. The molecule has 26 heavy (non-hydrogen) atoms. The number of rotatable bonds is 2. The van der Waals surface area contributed by atoms with Crippen LogP contribution in [0.5, 0.6) is 5.75 Å². The molecule has 0 amide bonds. The van der Waals surface area contributed by atoms with E-state index in [-0.39, 0.29) is 11.3 Å². The highest BCUT2D eigenvalue weighted by atomic mass is 127. The lowest BCUT2D eigenvalue weighted by molar-refractivity contribution is 0.0600. The van der Waals surface area contributed by atoms with Gasteiger partial charge in [-0.3, -0.25) is 9.36 Å². The van der Waals surface area contributed by atoms with Gasteiger partial charge in [-0.05, 0) is 52.9 Å². The summed E-state index contributed by atoms with van der Waals surface area (Å²) < 4.78 is 12.9. The van der Waals surface area contributed by atoms with Crippen LogP contribution in [0.4, 0.5) is 5.69 Å². The zero-order chi connectivity index (χ0) is 18.4. The minimum Gasteiger partial charge on any atom is -0.493 e. The summed E-state index contributed by atoms with van der Waals surface area (Å²) in [5.41, 5.74) is 7.93. The molecule has 0 atom stereocenters. The zero-order valence-corrected chi connectivity index (χ0v) is 16.1. The van der Waals surface area contributed by atoms with Gasteiger partial charge in [0.2, 0.25) is 0 Å². The molecular formula is C19H15IN2O4. The Hall–Kier alpha value is -2.55. The van der Waals surface area contributed by atoms with Gasteiger partial charge in [0.1, 0.15) is 11.3 Å². The van der Waals surface area contributed by atoms with Gasteiger partial charge < -0.3 is 15.2 Å². The van der Waals surface area contributed by atoms with Gasteiger partial charge in [-0.2, -0.15) is 0 Å². The van der Waals surface area contributed by atoms with Gasteiger partial charge in [0.05, 0.1) is 30.6 Å². The Morgan fingerprint density at radius 3 is 2.88 bits per heavy atom. The Morgan fingerprint density at radius 2 is 2.12 bits per heavy atom. The third-order valence-electron chi connectivity index (χ3n) is 4.53. The van der Waals surface area contributed by atoms with Gasteiger partial charge in [-0.15, -0.1) is 0 Å². The molecule has 0 bridgehead atoms. The number of benzene rings is 2. The van der Waals surface area contributed by atoms with E-state index in [0.29, 0.717) is 29.6 Å². The first-order chi connectivity index (χ1) is 12.5. The minimum absolute atomic E-state index is 0.133. The van der Waals surface area contributed by atoms with E-state index in [4.69, 9.17) is 15.2 Å².